The van der Waals surface area contributed by atoms with Crippen LogP contribution in [0.25, 0.3) is 0 Å². The number of aliphatic hydroxyl groups excluding tert-OH is 1. The van der Waals surface area contributed by atoms with E-state index in [1.807, 2.05) is 6.92 Å². The Morgan fingerprint density at radius 3 is 2.50 bits per heavy atom. The number of hydrogen-bond acceptors (Lipinski definition) is 6. The van der Waals surface area contributed by atoms with E-state index < -0.39 is 0 Å². The van der Waals surface area contributed by atoms with Gasteiger partial charge in [0.2, 0.25) is 0 Å². The smallest absolute Gasteiger partial charge is 0.263 e. The first kappa shape index (κ1) is 16.4. The Labute approximate surface area is 141 Å². The van der Waals surface area contributed by atoms with E-state index in [2.05, 4.69) is 14.9 Å². The molecule has 24 heavy (non-hydrogen) atoms. The van der Waals surface area contributed by atoms with Crippen LogP contribution in [-0.2, 0) is 0 Å². The molecule has 1 fully saturated rings. The van der Waals surface area contributed by atoms with Crippen molar-refractivity contribution in [2.24, 2.45) is 5.92 Å². The first-order chi connectivity index (χ1) is 11.7. The van der Waals surface area contributed by atoms with Gasteiger partial charge in [0.25, 0.3) is 5.88 Å². The Balaban J connectivity index is 1.74. The number of anilines is 1. The predicted octanol–water partition coefficient (Wildman–Crippen LogP) is 2.68. The molecule has 3 rings (SSSR count). The summed E-state index contributed by atoms with van der Waals surface area (Å²) in [4.78, 5) is 21.6. The van der Waals surface area contributed by atoms with Gasteiger partial charge in [-0.15, -0.1) is 0 Å². The van der Waals surface area contributed by atoms with Gasteiger partial charge < -0.3 is 14.7 Å². The SMILES string of the molecule is CC(O)C1CCN(c2nccnc2Oc2ccc(C=O)cc2)CC1. The number of benzene rings is 1. The van der Waals surface area contributed by atoms with Crippen LogP contribution in [0.3, 0.4) is 0 Å². The van der Waals surface area contributed by atoms with Gasteiger partial charge in [0.15, 0.2) is 5.82 Å². The fourth-order valence-corrected chi connectivity index (χ4v) is 2.93. The molecule has 1 aromatic heterocycles. The zero-order chi connectivity index (χ0) is 16.9. The maximum atomic E-state index is 10.7. The summed E-state index contributed by atoms with van der Waals surface area (Å²) in [6, 6.07) is 6.88. The molecule has 1 aromatic carbocycles. The van der Waals surface area contributed by atoms with Crippen LogP contribution in [0, 0.1) is 5.92 Å². The predicted molar refractivity (Wildman–Crippen MR) is 90.6 cm³/mol. The van der Waals surface area contributed by atoms with E-state index in [4.69, 9.17) is 4.74 Å². The lowest BCUT2D eigenvalue weighted by molar-refractivity contribution is 0.109. The largest absolute Gasteiger partial charge is 0.436 e. The molecule has 0 amide bonds. The van der Waals surface area contributed by atoms with Crippen LogP contribution in [0.4, 0.5) is 5.82 Å². The summed E-state index contributed by atoms with van der Waals surface area (Å²) in [5.74, 6) is 2.10. The first-order valence-electron chi connectivity index (χ1n) is 8.14. The molecule has 0 spiro atoms. The number of piperidine rings is 1. The van der Waals surface area contributed by atoms with Crippen molar-refractivity contribution in [3.05, 3.63) is 42.2 Å². The quantitative estimate of drug-likeness (QED) is 0.851. The van der Waals surface area contributed by atoms with E-state index in [0.29, 0.717) is 28.9 Å². The van der Waals surface area contributed by atoms with E-state index in [0.717, 1.165) is 32.2 Å². The molecular weight excluding hydrogens is 306 g/mol. The molecule has 0 saturated carbocycles. The highest BCUT2D eigenvalue weighted by atomic mass is 16.5. The standard InChI is InChI=1S/C18H21N3O3/c1-13(23)15-6-10-21(11-7-15)17-18(20-9-8-19-17)24-16-4-2-14(12-22)3-5-16/h2-5,8-9,12-13,15,23H,6-7,10-11H2,1H3. The minimum Gasteiger partial charge on any atom is -0.436 e. The molecule has 1 unspecified atom stereocenters. The Hall–Kier alpha value is -2.47. The fourth-order valence-electron chi connectivity index (χ4n) is 2.93. The number of nitrogens with zero attached hydrogens (tertiary/aromatic N) is 3. The fraction of sp³-hybridized carbons (Fsp3) is 0.389. The Bertz CT molecular complexity index is 680. The highest BCUT2D eigenvalue weighted by Gasteiger charge is 2.25. The molecule has 1 saturated heterocycles. The second kappa shape index (κ2) is 7.40. The van der Waals surface area contributed by atoms with Crippen molar-refractivity contribution < 1.29 is 14.6 Å². The van der Waals surface area contributed by atoms with Crippen molar-refractivity contribution in [1.29, 1.82) is 0 Å². The monoisotopic (exact) mass is 327 g/mol. The summed E-state index contributed by atoms with van der Waals surface area (Å²) in [5, 5.41) is 9.73. The maximum absolute atomic E-state index is 10.7. The van der Waals surface area contributed by atoms with Crippen molar-refractivity contribution in [2.45, 2.75) is 25.9 Å². The van der Waals surface area contributed by atoms with E-state index in [1.54, 1.807) is 36.7 Å². The number of carbonyl (C=O) groups is 1. The van der Waals surface area contributed by atoms with Crippen molar-refractivity contribution in [3.8, 4) is 11.6 Å². The summed E-state index contributed by atoms with van der Waals surface area (Å²) in [7, 11) is 0. The van der Waals surface area contributed by atoms with Crippen molar-refractivity contribution in [2.75, 3.05) is 18.0 Å². The molecule has 1 aliphatic rings. The second-order valence-electron chi connectivity index (χ2n) is 6.04. The lowest BCUT2D eigenvalue weighted by Crippen LogP contribution is -2.37. The average Bonchev–Trinajstić information content (AvgIpc) is 2.63. The number of ether oxygens (including phenoxy) is 1. The Kier molecular flexibility index (Phi) is 5.05. The average molecular weight is 327 g/mol. The summed E-state index contributed by atoms with van der Waals surface area (Å²) in [6.45, 7) is 3.48. The number of aldehydes is 1. The minimum absolute atomic E-state index is 0.277. The Morgan fingerprint density at radius 2 is 1.88 bits per heavy atom. The number of hydrogen-bond donors (Lipinski definition) is 1. The van der Waals surface area contributed by atoms with Gasteiger partial charge in [0.05, 0.1) is 6.10 Å². The molecule has 1 atom stereocenters. The Morgan fingerprint density at radius 1 is 1.21 bits per heavy atom. The third kappa shape index (κ3) is 3.71. The number of rotatable bonds is 5. The van der Waals surface area contributed by atoms with Crippen LogP contribution in [0.5, 0.6) is 11.6 Å². The van der Waals surface area contributed by atoms with E-state index in [9.17, 15) is 9.90 Å². The van der Waals surface area contributed by atoms with Gasteiger partial charge in [0.1, 0.15) is 12.0 Å². The second-order valence-corrected chi connectivity index (χ2v) is 6.04. The summed E-state index contributed by atoms with van der Waals surface area (Å²) >= 11 is 0. The van der Waals surface area contributed by atoms with Crippen LogP contribution in [-0.4, -0.2) is 40.6 Å². The number of aromatic nitrogens is 2. The van der Waals surface area contributed by atoms with E-state index in [-0.39, 0.29) is 6.10 Å². The molecule has 0 radical (unpaired) electrons. The molecule has 6 nitrogen and oxygen atoms in total. The molecule has 0 aliphatic carbocycles. The van der Waals surface area contributed by atoms with Gasteiger partial charge in [0, 0.05) is 31.0 Å². The van der Waals surface area contributed by atoms with Crippen LogP contribution in [0.15, 0.2) is 36.7 Å². The molecular formula is C18H21N3O3. The normalized spacial score (nSPS) is 16.7. The lowest BCUT2D eigenvalue weighted by atomic mass is 9.92. The van der Waals surface area contributed by atoms with Crippen LogP contribution >= 0.6 is 0 Å². The van der Waals surface area contributed by atoms with Crippen LogP contribution in [0.1, 0.15) is 30.1 Å². The zero-order valence-electron chi connectivity index (χ0n) is 13.6. The van der Waals surface area contributed by atoms with Crippen molar-refractivity contribution in [3.63, 3.8) is 0 Å². The van der Waals surface area contributed by atoms with Gasteiger partial charge in [-0.25, -0.2) is 9.97 Å². The van der Waals surface area contributed by atoms with E-state index in [1.165, 1.54) is 0 Å². The van der Waals surface area contributed by atoms with Crippen LogP contribution in [0.2, 0.25) is 0 Å². The van der Waals surface area contributed by atoms with Gasteiger partial charge in [-0.05, 0) is 49.9 Å². The highest BCUT2D eigenvalue weighted by Crippen LogP contribution is 2.31. The third-order valence-corrected chi connectivity index (χ3v) is 4.40. The third-order valence-electron chi connectivity index (χ3n) is 4.40. The maximum Gasteiger partial charge on any atom is 0.263 e. The molecule has 126 valence electrons. The lowest BCUT2D eigenvalue weighted by Gasteiger charge is -2.34. The molecule has 1 N–H and O–H groups in total. The first-order valence-corrected chi connectivity index (χ1v) is 8.14. The zero-order valence-corrected chi connectivity index (χ0v) is 13.6. The van der Waals surface area contributed by atoms with E-state index >= 15 is 0 Å². The summed E-state index contributed by atoms with van der Waals surface area (Å²) in [5.41, 5.74) is 0.599. The molecule has 0 bridgehead atoms. The molecule has 6 heteroatoms. The van der Waals surface area contributed by atoms with Gasteiger partial charge in [-0.3, -0.25) is 4.79 Å². The van der Waals surface area contributed by atoms with Crippen LogP contribution < -0.4 is 9.64 Å². The molecule has 2 aromatic rings. The molecule has 1 aliphatic heterocycles. The molecule has 2 heterocycles. The van der Waals surface area contributed by atoms with Gasteiger partial charge in [-0.1, -0.05) is 0 Å². The highest BCUT2D eigenvalue weighted by molar-refractivity contribution is 5.74. The van der Waals surface area contributed by atoms with Crippen molar-refractivity contribution >= 4 is 12.1 Å². The topological polar surface area (TPSA) is 75.6 Å². The van der Waals surface area contributed by atoms with Crippen molar-refractivity contribution in [1.82, 2.24) is 9.97 Å². The van der Waals surface area contributed by atoms with Gasteiger partial charge in [-0.2, -0.15) is 0 Å². The summed E-state index contributed by atoms with van der Waals surface area (Å²) < 4.78 is 5.86. The number of carbonyl (C=O) groups excluding carboxylic acids is 1. The summed E-state index contributed by atoms with van der Waals surface area (Å²) in [6.07, 6.45) is 5.61. The van der Waals surface area contributed by atoms with Gasteiger partial charge >= 0.3 is 0 Å². The minimum atomic E-state index is -0.277. The number of aliphatic hydroxyl groups is 1.